The first-order chi connectivity index (χ1) is 5.89. The van der Waals surface area contributed by atoms with Crippen LogP contribution in [0.25, 0.3) is 0 Å². The Morgan fingerprint density at radius 1 is 1.62 bits per heavy atom. The quantitative estimate of drug-likeness (QED) is 0.691. The Balaban J connectivity index is 2.60. The van der Waals surface area contributed by atoms with Gasteiger partial charge in [0.2, 0.25) is 0 Å². The fraction of sp³-hybridized carbons (Fsp3) is 0.750. The number of hydrogen-bond acceptors (Lipinski definition) is 4. The van der Waals surface area contributed by atoms with E-state index in [1.54, 1.807) is 10.9 Å². The molecule has 0 bridgehead atoms. The van der Waals surface area contributed by atoms with E-state index < -0.39 is 6.10 Å². The van der Waals surface area contributed by atoms with E-state index in [0.717, 1.165) is 0 Å². The number of nitrogen functional groups attached to an aromatic ring is 1. The number of rotatable bonds is 2. The number of nitrogens with zero attached hydrogens (tertiary/aromatic N) is 3. The van der Waals surface area contributed by atoms with Crippen molar-refractivity contribution >= 4 is 5.82 Å². The van der Waals surface area contributed by atoms with Gasteiger partial charge in [0.05, 0.1) is 18.8 Å². The molecule has 0 saturated carbocycles. The van der Waals surface area contributed by atoms with E-state index in [1.165, 1.54) is 0 Å². The largest absolute Gasteiger partial charge is 0.391 e. The van der Waals surface area contributed by atoms with Gasteiger partial charge < -0.3 is 10.8 Å². The van der Waals surface area contributed by atoms with Gasteiger partial charge in [-0.3, -0.25) is 0 Å². The van der Waals surface area contributed by atoms with Crippen LogP contribution < -0.4 is 5.73 Å². The van der Waals surface area contributed by atoms with Crippen LogP contribution in [0, 0.1) is 5.41 Å². The zero-order valence-corrected chi connectivity index (χ0v) is 8.23. The lowest BCUT2D eigenvalue weighted by Crippen LogP contribution is -2.30. The van der Waals surface area contributed by atoms with Crippen LogP contribution >= 0.6 is 0 Å². The molecule has 13 heavy (non-hydrogen) atoms. The number of aliphatic hydroxyl groups excluding tert-OH is 1. The first-order valence-electron chi connectivity index (χ1n) is 4.23. The van der Waals surface area contributed by atoms with Gasteiger partial charge in [0, 0.05) is 0 Å². The summed E-state index contributed by atoms with van der Waals surface area (Å²) in [6.07, 6.45) is 1.16. The van der Waals surface area contributed by atoms with E-state index in [0.29, 0.717) is 12.4 Å². The van der Waals surface area contributed by atoms with Crippen LogP contribution in [-0.4, -0.2) is 26.2 Å². The smallest absolute Gasteiger partial charge is 0.165 e. The number of nitrogens with two attached hydrogens (primary N) is 1. The molecule has 1 aromatic rings. The molecular formula is C8H16N4O. The van der Waals surface area contributed by atoms with E-state index in [1.807, 2.05) is 20.8 Å². The monoisotopic (exact) mass is 184 g/mol. The molecule has 0 aliphatic heterocycles. The number of aromatic nitrogens is 3. The Labute approximate surface area is 77.6 Å². The standard InChI is InChI=1S/C8H16N4O/c1-8(2,3)6(13)4-12-5-7(9)10-11-12/h5-6,13H,4,9H2,1-3H3. The lowest BCUT2D eigenvalue weighted by atomic mass is 9.89. The zero-order valence-electron chi connectivity index (χ0n) is 8.23. The average Bonchev–Trinajstić information content (AvgIpc) is 2.33. The van der Waals surface area contributed by atoms with Crippen LogP contribution in [-0.2, 0) is 6.54 Å². The van der Waals surface area contributed by atoms with Gasteiger partial charge in [-0.1, -0.05) is 26.0 Å². The molecule has 1 rings (SSSR count). The van der Waals surface area contributed by atoms with Gasteiger partial charge in [-0.05, 0) is 5.41 Å². The van der Waals surface area contributed by atoms with Crippen LogP contribution in [0.5, 0.6) is 0 Å². The lowest BCUT2D eigenvalue weighted by Gasteiger charge is -2.25. The minimum Gasteiger partial charge on any atom is -0.391 e. The maximum absolute atomic E-state index is 9.72. The van der Waals surface area contributed by atoms with Crippen molar-refractivity contribution in [2.24, 2.45) is 5.41 Å². The van der Waals surface area contributed by atoms with Gasteiger partial charge in [-0.25, -0.2) is 4.68 Å². The van der Waals surface area contributed by atoms with Crippen LogP contribution in [0.3, 0.4) is 0 Å². The van der Waals surface area contributed by atoms with Crippen LogP contribution in [0.15, 0.2) is 6.20 Å². The molecule has 0 saturated heterocycles. The Kier molecular flexibility index (Phi) is 2.56. The van der Waals surface area contributed by atoms with E-state index in [2.05, 4.69) is 10.3 Å². The molecule has 3 N–H and O–H groups in total. The average molecular weight is 184 g/mol. The summed E-state index contributed by atoms with van der Waals surface area (Å²) < 4.78 is 1.55. The molecule has 0 aliphatic carbocycles. The van der Waals surface area contributed by atoms with Gasteiger partial charge in [-0.2, -0.15) is 0 Å². The van der Waals surface area contributed by atoms with Crippen molar-refractivity contribution in [3.8, 4) is 0 Å². The Bertz CT molecular complexity index is 276. The molecule has 5 nitrogen and oxygen atoms in total. The first kappa shape index (κ1) is 9.98. The van der Waals surface area contributed by atoms with E-state index in [-0.39, 0.29) is 5.41 Å². The highest BCUT2D eigenvalue weighted by Gasteiger charge is 2.22. The Hall–Kier alpha value is -1.10. The van der Waals surface area contributed by atoms with Gasteiger partial charge >= 0.3 is 0 Å². The molecule has 0 radical (unpaired) electrons. The molecule has 1 aromatic heterocycles. The third-order valence-corrected chi connectivity index (χ3v) is 1.92. The van der Waals surface area contributed by atoms with Crippen molar-refractivity contribution < 1.29 is 5.11 Å². The number of aliphatic hydroxyl groups is 1. The molecule has 0 aliphatic rings. The molecular weight excluding hydrogens is 168 g/mol. The minimum absolute atomic E-state index is 0.152. The van der Waals surface area contributed by atoms with E-state index >= 15 is 0 Å². The summed E-state index contributed by atoms with van der Waals surface area (Å²) in [5.74, 6) is 0.376. The third-order valence-electron chi connectivity index (χ3n) is 1.92. The summed E-state index contributed by atoms with van der Waals surface area (Å²) >= 11 is 0. The topological polar surface area (TPSA) is 77.0 Å². The second-order valence-electron chi connectivity index (χ2n) is 4.25. The molecule has 0 fully saturated rings. The maximum atomic E-state index is 9.72. The van der Waals surface area contributed by atoms with Gasteiger partial charge in [0.15, 0.2) is 5.82 Å². The molecule has 1 unspecified atom stereocenters. The van der Waals surface area contributed by atoms with E-state index in [4.69, 9.17) is 5.73 Å². The highest BCUT2D eigenvalue weighted by Crippen LogP contribution is 2.20. The SMILES string of the molecule is CC(C)(C)C(O)Cn1cc(N)nn1. The van der Waals surface area contributed by atoms with Gasteiger partial charge in [0.25, 0.3) is 0 Å². The number of anilines is 1. The summed E-state index contributed by atoms with van der Waals surface area (Å²) in [4.78, 5) is 0. The van der Waals surface area contributed by atoms with Crippen molar-refractivity contribution in [3.05, 3.63) is 6.20 Å². The molecule has 0 aromatic carbocycles. The van der Waals surface area contributed by atoms with Crippen molar-refractivity contribution in [1.82, 2.24) is 15.0 Å². The normalized spacial score (nSPS) is 14.5. The van der Waals surface area contributed by atoms with Crippen molar-refractivity contribution in [2.45, 2.75) is 33.4 Å². The number of hydrogen-bond donors (Lipinski definition) is 2. The fourth-order valence-corrected chi connectivity index (χ4v) is 0.854. The van der Waals surface area contributed by atoms with Crippen LogP contribution in [0.4, 0.5) is 5.82 Å². The highest BCUT2D eigenvalue weighted by molar-refractivity contribution is 5.19. The maximum Gasteiger partial charge on any atom is 0.165 e. The second kappa shape index (κ2) is 3.33. The fourth-order valence-electron chi connectivity index (χ4n) is 0.854. The predicted octanol–water partition coefficient (Wildman–Crippen LogP) is 0.267. The predicted molar refractivity (Wildman–Crippen MR) is 49.9 cm³/mol. The molecule has 5 heteroatoms. The van der Waals surface area contributed by atoms with Crippen molar-refractivity contribution in [1.29, 1.82) is 0 Å². The minimum atomic E-state index is -0.450. The summed E-state index contributed by atoms with van der Waals surface area (Å²) in [7, 11) is 0. The second-order valence-corrected chi connectivity index (χ2v) is 4.25. The zero-order chi connectivity index (χ0) is 10.1. The Morgan fingerprint density at radius 3 is 2.62 bits per heavy atom. The first-order valence-corrected chi connectivity index (χ1v) is 4.23. The summed E-state index contributed by atoms with van der Waals surface area (Å²) in [5, 5.41) is 17.1. The van der Waals surface area contributed by atoms with Crippen molar-refractivity contribution in [3.63, 3.8) is 0 Å². The molecule has 1 atom stereocenters. The van der Waals surface area contributed by atoms with Crippen molar-refractivity contribution in [2.75, 3.05) is 5.73 Å². The summed E-state index contributed by atoms with van der Waals surface area (Å²) in [6.45, 7) is 6.33. The summed E-state index contributed by atoms with van der Waals surface area (Å²) in [5.41, 5.74) is 5.24. The molecule has 74 valence electrons. The highest BCUT2D eigenvalue weighted by atomic mass is 16.3. The third kappa shape index (κ3) is 2.69. The van der Waals surface area contributed by atoms with Crippen LogP contribution in [0.2, 0.25) is 0 Å². The van der Waals surface area contributed by atoms with Gasteiger partial charge in [-0.15, -0.1) is 5.10 Å². The Morgan fingerprint density at radius 2 is 2.23 bits per heavy atom. The van der Waals surface area contributed by atoms with Crippen LogP contribution in [0.1, 0.15) is 20.8 Å². The molecule has 0 amide bonds. The lowest BCUT2D eigenvalue weighted by molar-refractivity contribution is 0.0446. The molecule has 0 spiro atoms. The summed E-state index contributed by atoms with van der Waals surface area (Å²) in [6, 6.07) is 0. The van der Waals surface area contributed by atoms with E-state index in [9.17, 15) is 5.11 Å². The van der Waals surface area contributed by atoms with Gasteiger partial charge in [0.1, 0.15) is 0 Å². The molecule has 1 heterocycles.